The molecular formula is C7H20OSi2. The molecule has 0 aliphatic carbocycles. The Labute approximate surface area is 70.0 Å². The van der Waals surface area contributed by atoms with Gasteiger partial charge < -0.3 is 4.12 Å². The van der Waals surface area contributed by atoms with Crippen LogP contribution in [0.3, 0.4) is 0 Å². The van der Waals surface area contributed by atoms with E-state index in [1.165, 1.54) is 38.1 Å². The van der Waals surface area contributed by atoms with Crippen LogP contribution >= 0.6 is 0 Å². The van der Waals surface area contributed by atoms with Gasteiger partial charge >= 0.3 is 0 Å². The second-order valence-corrected chi connectivity index (χ2v) is 6.19. The maximum Gasteiger partial charge on any atom is 0.145 e. The van der Waals surface area contributed by atoms with Crippen LogP contribution < -0.4 is 0 Å². The Kier molecular flexibility index (Phi) is 9.76. The molecule has 0 unspecified atom stereocenters. The fourth-order valence-electron chi connectivity index (χ4n) is 1.03. The first-order chi connectivity index (χ1) is 4.91. The van der Waals surface area contributed by atoms with Crippen LogP contribution in [-0.4, -0.2) is 20.2 Å². The first kappa shape index (κ1) is 10.4. The molecule has 0 saturated heterocycles. The summed E-state index contributed by atoms with van der Waals surface area (Å²) in [5.74, 6) is 0. The second-order valence-electron chi connectivity index (χ2n) is 2.76. The molecule has 0 spiro atoms. The van der Waals surface area contributed by atoms with Gasteiger partial charge in [-0.3, -0.25) is 0 Å². The summed E-state index contributed by atoms with van der Waals surface area (Å²) in [6.45, 7) is 2.26. The average Bonchev–Trinajstić information content (AvgIpc) is 1.97. The summed E-state index contributed by atoms with van der Waals surface area (Å²) in [7, 11) is 0.920. The van der Waals surface area contributed by atoms with Crippen molar-refractivity contribution in [3.63, 3.8) is 0 Å². The Morgan fingerprint density at radius 3 is 2.50 bits per heavy atom. The first-order valence-electron chi connectivity index (χ1n) is 4.40. The third-order valence-electron chi connectivity index (χ3n) is 1.70. The SMILES string of the molecule is CCCCCCC[SiH2]O[SiH3]. The van der Waals surface area contributed by atoms with Gasteiger partial charge in [-0.25, -0.2) is 0 Å². The van der Waals surface area contributed by atoms with E-state index in [-0.39, 0.29) is 9.76 Å². The van der Waals surface area contributed by atoms with E-state index in [1.54, 1.807) is 0 Å². The van der Waals surface area contributed by atoms with Gasteiger partial charge in [-0.15, -0.1) is 0 Å². The van der Waals surface area contributed by atoms with Crippen molar-refractivity contribution in [2.24, 2.45) is 0 Å². The van der Waals surface area contributed by atoms with Gasteiger partial charge in [0.1, 0.15) is 20.2 Å². The number of rotatable bonds is 7. The molecule has 0 aromatic heterocycles. The smallest absolute Gasteiger partial charge is 0.145 e. The van der Waals surface area contributed by atoms with E-state index < -0.39 is 0 Å². The van der Waals surface area contributed by atoms with Gasteiger partial charge in [0.25, 0.3) is 0 Å². The number of unbranched alkanes of at least 4 members (excludes halogenated alkanes) is 4. The zero-order chi connectivity index (χ0) is 7.66. The first-order valence-corrected chi connectivity index (χ1v) is 6.80. The van der Waals surface area contributed by atoms with Crippen LogP contribution in [0.25, 0.3) is 0 Å². The minimum absolute atomic E-state index is 0.0508. The van der Waals surface area contributed by atoms with E-state index in [4.69, 9.17) is 4.12 Å². The third kappa shape index (κ3) is 8.39. The lowest BCUT2D eigenvalue weighted by molar-refractivity contribution is 0.624. The Morgan fingerprint density at radius 1 is 1.20 bits per heavy atom. The lowest BCUT2D eigenvalue weighted by Crippen LogP contribution is -1.93. The summed E-state index contributed by atoms with van der Waals surface area (Å²) in [6, 6.07) is 1.41. The van der Waals surface area contributed by atoms with E-state index in [1.807, 2.05) is 0 Å². The highest BCUT2D eigenvalue weighted by Crippen LogP contribution is 2.04. The van der Waals surface area contributed by atoms with Gasteiger partial charge in [-0.2, -0.15) is 0 Å². The molecule has 0 rings (SSSR count). The van der Waals surface area contributed by atoms with E-state index >= 15 is 0 Å². The summed E-state index contributed by atoms with van der Waals surface area (Å²) in [5, 5.41) is 0. The van der Waals surface area contributed by atoms with Crippen LogP contribution in [0, 0.1) is 0 Å². The Balaban J connectivity index is 2.65. The van der Waals surface area contributed by atoms with Crippen LogP contribution in [0.1, 0.15) is 39.0 Å². The van der Waals surface area contributed by atoms with Crippen molar-refractivity contribution in [3.8, 4) is 0 Å². The summed E-state index contributed by atoms with van der Waals surface area (Å²) in [6.07, 6.45) is 7.07. The van der Waals surface area contributed by atoms with Crippen LogP contribution in [0.4, 0.5) is 0 Å². The van der Waals surface area contributed by atoms with E-state index in [0.717, 1.165) is 10.5 Å². The van der Waals surface area contributed by atoms with Crippen molar-refractivity contribution in [1.82, 2.24) is 0 Å². The van der Waals surface area contributed by atoms with Crippen LogP contribution in [0.15, 0.2) is 0 Å². The lowest BCUT2D eigenvalue weighted by atomic mass is 10.2. The molecule has 0 amide bonds. The van der Waals surface area contributed by atoms with Gasteiger partial charge in [-0.1, -0.05) is 39.0 Å². The topological polar surface area (TPSA) is 9.23 Å². The van der Waals surface area contributed by atoms with Crippen molar-refractivity contribution in [2.75, 3.05) is 0 Å². The summed E-state index contributed by atoms with van der Waals surface area (Å²) >= 11 is 0. The van der Waals surface area contributed by atoms with Gasteiger partial charge in [0.15, 0.2) is 0 Å². The average molecular weight is 176 g/mol. The maximum atomic E-state index is 5.23. The molecule has 0 radical (unpaired) electrons. The minimum atomic E-state index is -0.0508. The van der Waals surface area contributed by atoms with Crippen molar-refractivity contribution < 1.29 is 4.12 Å². The van der Waals surface area contributed by atoms with E-state index in [0.29, 0.717) is 0 Å². The molecule has 0 aliphatic heterocycles. The molecule has 0 aromatic carbocycles. The van der Waals surface area contributed by atoms with E-state index in [2.05, 4.69) is 6.92 Å². The van der Waals surface area contributed by atoms with Crippen LogP contribution in [-0.2, 0) is 4.12 Å². The number of hydrogen-bond acceptors (Lipinski definition) is 1. The van der Waals surface area contributed by atoms with Gasteiger partial charge in [-0.05, 0) is 6.04 Å². The Morgan fingerprint density at radius 2 is 1.90 bits per heavy atom. The monoisotopic (exact) mass is 176 g/mol. The van der Waals surface area contributed by atoms with Gasteiger partial charge in [0.2, 0.25) is 0 Å². The Bertz CT molecular complexity index is 51.6. The van der Waals surface area contributed by atoms with Crippen molar-refractivity contribution in [3.05, 3.63) is 0 Å². The zero-order valence-corrected chi connectivity index (χ0v) is 10.8. The van der Waals surface area contributed by atoms with Crippen LogP contribution in [0.2, 0.25) is 6.04 Å². The zero-order valence-electron chi connectivity index (χ0n) is 7.36. The van der Waals surface area contributed by atoms with Crippen molar-refractivity contribution in [2.45, 2.75) is 45.1 Å². The Hall–Kier alpha value is 0.394. The van der Waals surface area contributed by atoms with Gasteiger partial charge in [0.05, 0.1) is 0 Å². The quantitative estimate of drug-likeness (QED) is 0.411. The largest absolute Gasteiger partial charge is 0.468 e. The molecule has 10 heavy (non-hydrogen) atoms. The minimum Gasteiger partial charge on any atom is -0.468 e. The molecule has 0 bridgehead atoms. The fraction of sp³-hybridized carbons (Fsp3) is 1.00. The summed E-state index contributed by atoms with van der Waals surface area (Å²) in [5.41, 5.74) is 0. The molecule has 62 valence electrons. The van der Waals surface area contributed by atoms with Crippen LogP contribution in [0.5, 0.6) is 0 Å². The third-order valence-corrected chi connectivity index (χ3v) is 4.12. The van der Waals surface area contributed by atoms with Crippen molar-refractivity contribution >= 4 is 20.2 Å². The highest BCUT2D eigenvalue weighted by atomic mass is 28.3. The standard InChI is InChI=1S/C7H20OSi2/c1-2-3-4-5-6-7-10-8-9/h2-7,10H2,1,9H3. The molecular weight excluding hydrogens is 156 g/mol. The normalized spacial score (nSPS) is 11.7. The molecule has 3 heteroatoms. The molecule has 0 aliphatic rings. The highest BCUT2D eigenvalue weighted by Gasteiger charge is 1.88. The molecule has 1 nitrogen and oxygen atoms in total. The van der Waals surface area contributed by atoms with Gasteiger partial charge in [0, 0.05) is 0 Å². The maximum absolute atomic E-state index is 5.23. The summed E-state index contributed by atoms with van der Waals surface area (Å²) < 4.78 is 5.23. The predicted molar refractivity (Wildman–Crippen MR) is 53.1 cm³/mol. The van der Waals surface area contributed by atoms with E-state index in [9.17, 15) is 0 Å². The second kappa shape index (κ2) is 9.39. The predicted octanol–water partition coefficient (Wildman–Crippen LogP) is 0.756. The highest BCUT2D eigenvalue weighted by molar-refractivity contribution is 6.34. The van der Waals surface area contributed by atoms with Crippen molar-refractivity contribution in [1.29, 1.82) is 0 Å². The lowest BCUT2D eigenvalue weighted by Gasteiger charge is -1.98. The molecule has 0 aromatic rings. The fourth-order valence-corrected chi connectivity index (χ4v) is 2.74. The summed E-state index contributed by atoms with van der Waals surface area (Å²) in [4.78, 5) is 0. The molecule has 0 N–H and O–H groups in total. The molecule has 0 heterocycles. The molecule has 0 saturated carbocycles. The number of hydrogen-bond donors (Lipinski definition) is 0. The molecule has 0 atom stereocenters. The molecule has 0 fully saturated rings.